The Bertz CT molecular complexity index is 1350. The van der Waals surface area contributed by atoms with Crippen molar-refractivity contribution in [1.82, 2.24) is 0 Å². The maximum Gasteiger partial charge on any atom is 0.119 e. The second-order valence-electron chi connectivity index (χ2n) is 8.17. The third-order valence-electron chi connectivity index (χ3n) is 6.41. The van der Waals surface area contributed by atoms with Crippen LogP contribution in [-0.2, 0) is 6.42 Å². The summed E-state index contributed by atoms with van der Waals surface area (Å²) in [5.74, 6) is 1.38. The average Bonchev–Trinajstić information content (AvgIpc) is 3.13. The molecule has 1 nitrogen and oxygen atoms in total. The van der Waals surface area contributed by atoms with Gasteiger partial charge < -0.3 is 4.74 Å². The summed E-state index contributed by atoms with van der Waals surface area (Å²) in [7, 11) is 1.75. The number of ether oxygens (including phenoxy) is 1. The van der Waals surface area contributed by atoms with E-state index in [-0.39, 0.29) is 0 Å². The van der Waals surface area contributed by atoms with Gasteiger partial charge in [-0.25, -0.2) is 0 Å². The first-order valence-corrected chi connectivity index (χ1v) is 11.3. The molecule has 0 bridgehead atoms. The molecule has 1 atom stereocenters. The van der Waals surface area contributed by atoms with Gasteiger partial charge in [0.05, 0.1) is 7.11 Å². The molecule has 146 valence electrons. The zero-order valence-electron chi connectivity index (χ0n) is 17.1. The highest BCUT2D eigenvalue weighted by Crippen LogP contribution is 2.53. The van der Waals surface area contributed by atoms with Crippen LogP contribution >= 0.6 is 11.8 Å². The number of fused-ring (bicyclic) bond motifs is 5. The van der Waals surface area contributed by atoms with Gasteiger partial charge in [-0.3, -0.25) is 0 Å². The molecular weight excluding hydrogens is 384 g/mol. The molecule has 2 heteroatoms. The Kier molecular flexibility index (Phi) is 4.04. The van der Waals surface area contributed by atoms with Crippen molar-refractivity contribution in [1.29, 1.82) is 0 Å². The lowest BCUT2D eigenvalue weighted by Gasteiger charge is -2.26. The first-order valence-electron chi connectivity index (χ1n) is 10.5. The summed E-state index contributed by atoms with van der Waals surface area (Å²) in [5.41, 5.74) is 8.38. The van der Waals surface area contributed by atoms with Crippen LogP contribution in [0.5, 0.6) is 5.75 Å². The molecule has 1 aliphatic carbocycles. The molecule has 0 spiro atoms. The van der Waals surface area contributed by atoms with Crippen LogP contribution in [0.15, 0.2) is 88.7 Å². The van der Waals surface area contributed by atoms with Gasteiger partial charge in [0.15, 0.2) is 0 Å². The van der Waals surface area contributed by atoms with Crippen molar-refractivity contribution in [3.05, 3.63) is 101 Å². The molecule has 1 aliphatic heterocycles. The van der Waals surface area contributed by atoms with E-state index in [1.807, 2.05) is 11.8 Å². The van der Waals surface area contributed by atoms with E-state index in [0.29, 0.717) is 5.92 Å². The molecule has 0 fully saturated rings. The Hall–Kier alpha value is -2.97. The molecule has 0 aromatic heterocycles. The van der Waals surface area contributed by atoms with E-state index in [4.69, 9.17) is 4.74 Å². The molecule has 0 amide bonds. The molecular formula is C28H22OS. The molecule has 0 saturated heterocycles. The van der Waals surface area contributed by atoms with Crippen molar-refractivity contribution in [2.45, 2.75) is 23.1 Å². The standard InChI is InChI=1S/C28H22OS/c1-17-15-19-12-11-18-7-3-4-8-21(18)27(19)26(17)28-22-9-5-6-10-24(22)30-25-14-13-20(29-2)16-23(25)28/h3-14,16-17H,15H2,1-2H3/b28-26-. The van der Waals surface area contributed by atoms with Gasteiger partial charge in [-0.15, -0.1) is 0 Å². The van der Waals surface area contributed by atoms with E-state index in [0.717, 1.165) is 12.2 Å². The molecule has 4 aromatic rings. The quantitative estimate of drug-likeness (QED) is 0.286. The highest BCUT2D eigenvalue weighted by Gasteiger charge is 2.32. The fourth-order valence-corrected chi connectivity index (χ4v) is 6.16. The normalized spacial score (nSPS) is 19.3. The van der Waals surface area contributed by atoms with Crippen molar-refractivity contribution in [2.75, 3.05) is 7.11 Å². The monoisotopic (exact) mass is 406 g/mol. The van der Waals surface area contributed by atoms with Crippen LogP contribution in [0.2, 0.25) is 0 Å². The summed E-state index contributed by atoms with van der Waals surface area (Å²) < 4.78 is 5.61. The van der Waals surface area contributed by atoms with Crippen molar-refractivity contribution in [3.8, 4) is 5.75 Å². The second kappa shape index (κ2) is 6.78. The Morgan fingerprint density at radius 3 is 2.53 bits per heavy atom. The minimum atomic E-state index is 0.469. The predicted octanol–water partition coefficient (Wildman–Crippen LogP) is 7.46. The third-order valence-corrected chi connectivity index (χ3v) is 7.56. The molecule has 0 N–H and O–H groups in total. The van der Waals surface area contributed by atoms with Crippen LogP contribution in [0, 0.1) is 5.92 Å². The lowest BCUT2D eigenvalue weighted by molar-refractivity contribution is 0.414. The summed E-state index contributed by atoms with van der Waals surface area (Å²) in [6.07, 6.45) is 1.09. The van der Waals surface area contributed by atoms with Gasteiger partial charge >= 0.3 is 0 Å². The molecule has 2 aliphatic rings. The number of rotatable bonds is 1. The topological polar surface area (TPSA) is 9.23 Å². The van der Waals surface area contributed by atoms with E-state index in [1.54, 1.807) is 7.11 Å². The summed E-state index contributed by atoms with van der Waals surface area (Å²) >= 11 is 1.86. The van der Waals surface area contributed by atoms with E-state index in [9.17, 15) is 0 Å². The largest absolute Gasteiger partial charge is 0.497 e. The Morgan fingerprint density at radius 2 is 1.63 bits per heavy atom. The first kappa shape index (κ1) is 17.9. The highest BCUT2D eigenvalue weighted by atomic mass is 32.2. The summed E-state index contributed by atoms with van der Waals surface area (Å²) in [6.45, 7) is 2.38. The molecule has 4 aromatic carbocycles. The SMILES string of the molecule is COc1ccc2c(c1)/C(=C1\c3c(ccc4ccccc34)CC1C)c1ccccc1S2. The molecule has 6 rings (SSSR count). The number of hydrogen-bond donors (Lipinski definition) is 0. The second-order valence-corrected chi connectivity index (χ2v) is 9.26. The summed E-state index contributed by atoms with van der Waals surface area (Å²) in [6, 6.07) is 28.7. The lowest BCUT2D eigenvalue weighted by atomic mass is 9.85. The molecule has 1 unspecified atom stereocenters. The number of allylic oxidation sites excluding steroid dienone is 1. The van der Waals surface area contributed by atoms with Crippen molar-refractivity contribution < 1.29 is 4.74 Å². The zero-order chi connectivity index (χ0) is 20.2. The zero-order valence-corrected chi connectivity index (χ0v) is 17.9. The van der Waals surface area contributed by atoms with Gasteiger partial charge in [0.1, 0.15) is 5.75 Å². The summed E-state index contributed by atoms with van der Waals surface area (Å²) in [4.78, 5) is 2.64. The van der Waals surface area contributed by atoms with Gasteiger partial charge in [-0.2, -0.15) is 0 Å². The van der Waals surface area contributed by atoms with Crippen LogP contribution in [0.1, 0.15) is 29.2 Å². The van der Waals surface area contributed by atoms with Gasteiger partial charge in [-0.1, -0.05) is 73.3 Å². The lowest BCUT2D eigenvalue weighted by Crippen LogP contribution is -2.05. The minimum absolute atomic E-state index is 0.469. The molecule has 0 radical (unpaired) electrons. The maximum atomic E-state index is 5.61. The van der Waals surface area contributed by atoms with Crippen LogP contribution < -0.4 is 4.74 Å². The van der Waals surface area contributed by atoms with Crippen LogP contribution in [-0.4, -0.2) is 7.11 Å². The van der Waals surface area contributed by atoms with Gasteiger partial charge in [0.25, 0.3) is 0 Å². The third kappa shape index (κ3) is 2.57. The Balaban J connectivity index is 1.76. The molecule has 30 heavy (non-hydrogen) atoms. The van der Waals surface area contributed by atoms with E-state index >= 15 is 0 Å². The average molecular weight is 407 g/mol. The van der Waals surface area contributed by atoms with E-state index in [1.165, 1.54) is 54.0 Å². The Labute approximate surface area is 181 Å². The van der Waals surface area contributed by atoms with E-state index < -0.39 is 0 Å². The number of hydrogen-bond acceptors (Lipinski definition) is 2. The van der Waals surface area contributed by atoms with Gasteiger partial charge in [0, 0.05) is 15.4 Å². The summed E-state index contributed by atoms with van der Waals surface area (Å²) in [5, 5.41) is 2.68. The predicted molar refractivity (Wildman–Crippen MR) is 126 cm³/mol. The van der Waals surface area contributed by atoms with Crippen LogP contribution in [0.4, 0.5) is 0 Å². The maximum absolute atomic E-state index is 5.61. The smallest absolute Gasteiger partial charge is 0.119 e. The van der Waals surface area contributed by atoms with Crippen molar-refractivity contribution >= 4 is 33.7 Å². The van der Waals surface area contributed by atoms with Crippen LogP contribution in [0.3, 0.4) is 0 Å². The number of methoxy groups -OCH3 is 1. The first-order chi connectivity index (χ1) is 14.7. The van der Waals surface area contributed by atoms with Gasteiger partial charge in [-0.05, 0) is 75.2 Å². The van der Waals surface area contributed by atoms with E-state index in [2.05, 4.69) is 85.8 Å². The van der Waals surface area contributed by atoms with Crippen molar-refractivity contribution in [3.63, 3.8) is 0 Å². The Morgan fingerprint density at radius 1 is 0.833 bits per heavy atom. The van der Waals surface area contributed by atoms with Crippen molar-refractivity contribution in [2.24, 2.45) is 5.92 Å². The highest BCUT2D eigenvalue weighted by molar-refractivity contribution is 7.99. The van der Waals surface area contributed by atoms with Crippen LogP contribution in [0.25, 0.3) is 21.9 Å². The minimum Gasteiger partial charge on any atom is -0.497 e. The fourth-order valence-electron chi connectivity index (χ4n) is 5.09. The van der Waals surface area contributed by atoms with Gasteiger partial charge in [0.2, 0.25) is 0 Å². The fraction of sp³-hybridized carbons (Fsp3) is 0.143. The molecule has 0 saturated carbocycles. The number of benzene rings is 4. The molecule has 1 heterocycles.